The fourth-order valence-electron chi connectivity index (χ4n) is 2.66. The molecule has 0 saturated heterocycles. The fraction of sp³-hybridized carbons (Fsp3) is 0.750. The number of hydrogen-bond acceptors (Lipinski definition) is 4. The van der Waals surface area contributed by atoms with Gasteiger partial charge in [0.05, 0.1) is 16.9 Å². The maximum atomic E-state index is 13.2. The van der Waals surface area contributed by atoms with Crippen LogP contribution in [0.3, 0.4) is 0 Å². The Balaban J connectivity index is 2.05. The molecule has 1 aliphatic carbocycles. The molecule has 2 rings (SSSR count). The average Bonchev–Trinajstić information content (AvgIpc) is 2.95. The van der Waals surface area contributed by atoms with E-state index in [0.717, 1.165) is 17.2 Å². The smallest absolute Gasteiger partial charge is 0.212 e. The molecule has 9 heteroatoms. The van der Waals surface area contributed by atoms with Gasteiger partial charge in [-0.3, -0.25) is 0 Å². The van der Waals surface area contributed by atoms with Gasteiger partial charge in [-0.2, -0.15) is 17.5 Å². The lowest BCUT2D eigenvalue weighted by Gasteiger charge is -2.31. The van der Waals surface area contributed by atoms with E-state index in [1.54, 1.807) is 13.0 Å². The lowest BCUT2D eigenvalue weighted by Crippen LogP contribution is -2.44. The van der Waals surface area contributed by atoms with Crippen LogP contribution in [0.2, 0.25) is 0 Å². The molecular formula is C12H17F3N2O2S2. The molecule has 1 heterocycles. The van der Waals surface area contributed by atoms with Crippen LogP contribution in [0.1, 0.15) is 36.3 Å². The Kier molecular flexibility index (Phi) is 4.65. The van der Waals surface area contributed by atoms with Crippen molar-refractivity contribution >= 4 is 21.6 Å². The second-order valence-electron chi connectivity index (χ2n) is 5.50. The van der Waals surface area contributed by atoms with Gasteiger partial charge in [0.1, 0.15) is 0 Å². The third kappa shape index (κ3) is 3.95. The molecular weight excluding hydrogens is 325 g/mol. The molecule has 0 aromatic carbocycles. The van der Waals surface area contributed by atoms with Gasteiger partial charge in [-0.15, -0.1) is 0 Å². The molecule has 1 aromatic heterocycles. The van der Waals surface area contributed by atoms with E-state index in [4.69, 9.17) is 0 Å². The van der Waals surface area contributed by atoms with Gasteiger partial charge in [0.25, 0.3) is 0 Å². The van der Waals surface area contributed by atoms with Crippen LogP contribution < -0.4 is 4.72 Å². The van der Waals surface area contributed by atoms with Crippen molar-refractivity contribution in [2.24, 2.45) is 5.41 Å². The van der Waals surface area contributed by atoms with E-state index >= 15 is 0 Å². The normalized spacial score (nSPS) is 19.0. The van der Waals surface area contributed by atoms with Crippen LogP contribution in [0.15, 0.2) is 6.07 Å². The molecule has 1 N–H and O–H groups in total. The second-order valence-corrected chi connectivity index (χ2v) is 8.20. The average molecular weight is 342 g/mol. The number of nitrogens with zero attached hydrogens (tertiary/aromatic N) is 1. The maximum absolute atomic E-state index is 13.2. The monoisotopic (exact) mass is 342 g/mol. The molecule has 1 fully saturated rings. The van der Waals surface area contributed by atoms with Crippen LogP contribution in [0.5, 0.6) is 0 Å². The first-order chi connectivity index (χ1) is 9.64. The molecule has 0 bridgehead atoms. The third-order valence-electron chi connectivity index (χ3n) is 3.77. The molecule has 0 spiro atoms. The van der Waals surface area contributed by atoms with E-state index in [9.17, 15) is 21.6 Å². The first-order valence-corrected chi connectivity index (χ1v) is 9.02. The summed E-state index contributed by atoms with van der Waals surface area (Å²) in [6.45, 7) is 1.76. The number of halogens is 3. The van der Waals surface area contributed by atoms with E-state index in [-0.39, 0.29) is 19.4 Å². The highest BCUT2D eigenvalue weighted by molar-refractivity contribution is 7.89. The van der Waals surface area contributed by atoms with Gasteiger partial charge < -0.3 is 0 Å². The first kappa shape index (κ1) is 16.7. The number of sulfonamides is 1. The van der Waals surface area contributed by atoms with Crippen molar-refractivity contribution < 1.29 is 21.6 Å². The largest absolute Gasteiger partial charge is 0.395 e. The van der Waals surface area contributed by atoms with Crippen LogP contribution in [0.25, 0.3) is 0 Å². The van der Waals surface area contributed by atoms with E-state index in [1.165, 1.54) is 0 Å². The summed E-state index contributed by atoms with van der Waals surface area (Å²) >= 11 is 1.14. The Hall–Kier alpha value is -0.670. The summed E-state index contributed by atoms with van der Waals surface area (Å²) in [5.41, 5.74) is -1.33. The second kappa shape index (κ2) is 5.85. The summed E-state index contributed by atoms with van der Waals surface area (Å²) in [6.07, 6.45) is -3.88. The highest BCUT2D eigenvalue weighted by atomic mass is 32.2. The number of aryl methyl sites for hydroxylation is 1. The minimum Gasteiger partial charge on any atom is -0.212 e. The number of aromatic nitrogens is 1. The van der Waals surface area contributed by atoms with Gasteiger partial charge in [0.15, 0.2) is 0 Å². The van der Waals surface area contributed by atoms with E-state index in [1.807, 2.05) is 0 Å². The molecule has 4 nitrogen and oxygen atoms in total. The molecule has 0 radical (unpaired) electrons. The lowest BCUT2D eigenvalue weighted by atomic mass is 9.88. The van der Waals surface area contributed by atoms with Crippen molar-refractivity contribution in [3.05, 3.63) is 16.6 Å². The molecule has 21 heavy (non-hydrogen) atoms. The summed E-state index contributed by atoms with van der Waals surface area (Å²) in [5.74, 6) is -0.888. The third-order valence-corrected chi connectivity index (χ3v) is 6.16. The van der Waals surface area contributed by atoms with Gasteiger partial charge in [0, 0.05) is 11.4 Å². The molecule has 1 aliphatic rings. The van der Waals surface area contributed by atoms with Gasteiger partial charge in [-0.1, -0.05) is 12.8 Å². The van der Waals surface area contributed by atoms with Gasteiger partial charge >= 0.3 is 6.18 Å². The number of nitrogens with one attached hydrogen (secondary N) is 1. The summed E-state index contributed by atoms with van der Waals surface area (Å²) < 4.78 is 69.9. The predicted octanol–water partition coefficient (Wildman–Crippen LogP) is 2.99. The summed E-state index contributed by atoms with van der Waals surface area (Å²) in [6, 6.07) is 1.71. The topological polar surface area (TPSA) is 59.1 Å². The first-order valence-electron chi connectivity index (χ1n) is 6.60. The van der Waals surface area contributed by atoms with E-state index in [0.29, 0.717) is 17.7 Å². The Labute approximate surface area is 126 Å². The minimum atomic E-state index is -4.49. The fourth-order valence-corrected chi connectivity index (χ4v) is 5.08. The summed E-state index contributed by atoms with van der Waals surface area (Å²) in [4.78, 5) is 0.684. The Bertz CT molecular complexity index is 590. The van der Waals surface area contributed by atoms with Crippen molar-refractivity contribution in [1.82, 2.24) is 9.10 Å². The highest BCUT2D eigenvalue weighted by Crippen LogP contribution is 2.51. The molecule has 120 valence electrons. The predicted molar refractivity (Wildman–Crippen MR) is 74.4 cm³/mol. The molecule has 0 unspecified atom stereocenters. The molecule has 1 aromatic rings. The summed E-state index contributed by atoms with van der Waals surface area (Å²) in [7, 11) is -3.99. The van der Waals surface area contributed by atoms with Crippen LogP contribution in [0, 0.1) is 12.3 Å². The number of alkyl halides is 3. The van der Waals surface area contributed by atoms with E-state index in [2.05, 4.69) is 9.10 Å². The molecule has 0 amide bonds. The van der Waals surface area contributed by atoms with Gasteiger partial charge in [0.2, 0.25) is 10.0 Å². The zero-order valence-electron chi connectivity index (χ0n) is 11.5. The highest BCUT2D eigenvalue weighted by Gasteiger charge is 2.57. The zero-order valence-corrected chi connectivity index (χ0v) is 13.2. The van der Waals surface area contributed by atoms with Crippen LogP contribution in [0.4, 0.5) is 13.2 Å². The quantitative estimate of drug-likeness (QED) is 0.895. The standard InChI is InChI=1S/C12H17F3N2O2S2/c1-9-6-10(20-17-9)7-16-21(18,19)8-11(12(13,14)15)4-2-3-5-11/h6,16H,2-5,7-8H2,1H3. The van der Waals surface area contributed by atoms with Gasteiger partial charge in [-0.05, 0) is 37.4 Å². The molecule has 0 aliphatic heterocycles. The SMILES string of the molecule is Cc1cc(CNS(=O)(=O)CC2(C(F)(F)F)CCCC2)sn1. The van der Waals surface area contributed by atoms with Crippen LogP contribution in [-0.2, 0) is 16.6 Å². The van der Waals surface area contributed by atoms with E-state index < -0.39 is 27.4 Å². The Morgan fingerprint density at radius 2 is 2.00 bits per heavy atom. The number of hydrogen-bond donors (Lipinski definition) is 1. The maximum Gasteiger partial charge on any atom is 0.395 e. The lowest BCUT2D eigenvalue weighted by molar-refractivity contribution is -0.213. The van der Waals surface area contributed by atoms with Crippen LogP contribution in [-0.4, -0.2) is 24.7 Å². The molecule has 0 atom stereocenters. The van der Waals surface area contributed by atoms with Crippen molar-refractivity contribution in [2.75, 3.05) is 5.75 Å². The van der Waals surface area contributed by atoms with Crippen LogP contribution >= 0.6 is 11.5 Å². The Morgan fingerprint density at radius 3 is 2.48 bits per heavy atom. The Morgan fingerprint density at radius 1 is 1.38 bits per heavy atom. The van der Waals surface area contributed by atoms with Crippen molar-refractivity contribution in [1.29, 1.82) is 0 Å². The summed E-state index contributed by atoms with van der Waals surface area (Å²) in [5, 5.41) is 0. The zero-order chi connectivity index (χ0) is 15.7. The molecule has 1 saturated carbocycles. The minimum absolute atomic E-state index is 0.0121. The number of rotatable bonds is 5. The van der Waals surface area contributed by atoms with Crippen molar-refractivity contribution in [3.63, 3.8) is 0 Å². The van der Waals surface area contributed by atoms with Crippen molar-refractivity contribution in [2.45, 2.75) is 45.3 Å². The van der Waals surface area contributed by atoms with Gasteiger partial charge in [-0.25, -0.2) is 13.1 Å². The van der Waals surface area contributed by atoms with Crippen molar-refractivity contribution in [3.8, 4) is 0 Å².